The molecular formula is C20H18BrN5O. The fraction of sp³-hybridized carbons (Fsp3) is 0.150. The molecule has 4 rings (SSSR count). The molecule has 3 heterocycles. The summed E-state index contributed by atoms with van der Waals surface area (Å²) in [7, 11) is 0. The molecule has 3 aromatic heterocycles. The van der Waals surface area contributed by atoms with Gasteiger partial charge >= 0.3 is 0 Å². The Morgan fingerprint density at radius 1 is 1.11 bits per heavy atom. The summed E-state index contributed by atoms with van der Waals surface area (Å²) >= 11 is 3.55. The number of nitrogens with zero attached hydrogens (tertiary/aromatic N) is 4. The molecule has 0 saturated heterocycles. The second-order valence-corrected chi connectivity index (χ2v) is 6.91. The summed E-state index contributed by atoms with van der Waals surface area (Å²) in [5.74, 6) is 0.695. The van der Waals surface area contributed by atoms with Crippen molar-refractivity contribution in [3.05, 3.63) is 76.9 Å². The van der Waals surface area contributed by atoms with E-state index in [2.05, 4.69) is 31.2 Å². The second-order valence-electron chi connectivity index (χ2n) is 6.09. The van der Waals surface area contributed by atoms with Crippen molar-refractivity contribution in [1.29, 1.82) is 0 Å². The van der Waals surface area contributed by atoms with E-state index < -0.39 is 0 Å². The number of hydrogen-bond acceptors (Lipinski definition) is 5. The first-order valence-corrected chi connectivity index (χ1v) is 9.41. The molecule has 27 heavy (non-hydrogen) atoms. The monoisotopic (exact) mass is 423 g/mol. The average molecular weight is 424 g/mol. The minimum Gasteiger partial charge on any atom is -0.396 e. The summed E-state index contributed by atoms with van der Waals surface area (Å²) < 4.78 is 2.81. The van der Waals surface area contributed by atoms with Gasteiger partial charge in [0, 0.05) is 37.3 Å². The van der Waals surface area contributed by atoms with Crippen LogP contribution in [0.4, 0.5) is 5.82 Å². The summed E-state index contributed by atoms with van der Waals surface area (Å²) in [4.78, 5) is 13.4. The van der Waals surface area contributed by atoms with Crippen LogP contribution in [0.3, 0.4) is 0 Å². The van der Waals surface area contributed by atoms with Gasteiger partial charge in [-0.1, -0.05) is 30.3 Å². The zero-order chi connectivity index (χ0) is 18.6. The lowest BCUT2D eigenvalue weighted by molar-refractivity contribution is 0.300. The first-order chi connectivity index (χ1) is 13.3. The van der Waals surface area contributed by atoms with E-state index in [4.69, 9.17) is 4.98 Å². The lowest BCUT2D eigenvalue weighted by Crippen LogP contribution is -2.06. The van der Waals surface area contributed by atoms with Gasteiger partial charge in [-0.25, -0.2) is 9.97 Å². The summed E-state index contributed by atoms with van der Waals surface area (Å²) in [5.41, 5.74) is 4.68. The van der Waals surface area contributed by atoms with Crippen molar-refractivity contribution in [2.24, 2.45) is 0 Å². The first-order valence-electron chi connectivity index (χ1n) is 8.62. The van der Waals surface area contributed by atoms with Crippen LogP contribution >= 0.6 is 15.9 Å². The van der Waals surface area contributed by atoms with Gasteiger partial charge in [0.15, 0.2) is 11.5 Å². The Balaban J connectivity index is 1.77. The number of imidazole rings is 1. The molecule has 136 valence electrons. The van der Waals surface area contributed by atoms with Crippen molar-refractivity contribution in [2.75, 3.05) is 11.9 Å². The number of fused-ring (bicyclic) bond motifs is 1. The van der Waals surface area contributed by atoms with Crippen LogP contribution in [0.1, 0.15) is 11.1 Å². The van der Waals surface area contributed by atoms with Crippen molar-refractivity contribution in [1.82, 2.24) is 19.4 Å². The van der Waals surface area contributed by atoms with E-state index >= 15 is 0 Å². The molecule has 2 N–H and O–H groups in total. The number of pyridine rings is 1. The first kappa shape index (κ1) is 17.6. The summed E-state index contributed by atoms with van der Waals surface area (Å²) in [6.07, 6.45) is 7.88. The zero-order valence-electron chi connectivity index (χ0n) is 14.5. The maximum Gasteiger partial charge on any atom is 0.181 e. The van der Waals surface area contributed by atoms with Gasteiger partial charge in [0.25, 0.3) is 0 Å². The largest absolute Gasteiger partial charge is 0.396 e. The lowest BCUT2D eigenvalue weighted by Gasteiger charge is -2.12. The van der Waals surface area contributed by atoms with Gasteiger partial charge < -0.3 is 10.4 Å². The Labute approximate surface area is 165 Å². The van der Waals surface area contributed by atoms with Crippen LogP contribution < -0.4 is 5.32 Å². The predicted octanol–water partition coefficient (Wildman–Crippen LogP) is 3.70. The van der Waals surface area contributed by atoms with Gasteiger partial charge in [0.2, 0.25) is 0 Å². The number of nitrogens with one attached hydrogen (secondary N) is 1. The summed E-state index contributed by atoms with van der Waals surface area (Å²) in [5, 5.41) is 12.8. The second kappa shape index (κ2) is 7.85. The molecular weight excluding hydrogens is 406 g/mol. The topological polar surface area (TPSA) is 75.3 Å². The third-order valence-corrected chi connectivity index (χ3v) is 4.89. The Morgan fingerprint density at radius 2 is 2.00 bits per heavy atom. The van der Waals surface area contributed by atoms with Crippen LogP contribution in [0.15, 0.2) is 65.8 Å². The normalized spacial score (nSPS) is 11.0. The standard InChI is InChI=1S/C20H18BrN5O/c21-18-12-24-20-19(23-11-14-4-3-8-22-10-14)25-17(13-26(18)20)16-6-2-1-5-15(16)7-9-27/h1-6,8,10,12-13,27H,7,9,11H2,(H,23,25). The number of aliphatic hydroxyl groups is 1. The van der Waals surface area contributed by atoms with E-state index in [0.29, 0.717) is 18.8 Å². The minimum absolute atomic E-state index is 0.0974. The Morgan fingerprint density at radius 3 is 2.81 bits per heavy atom. The van der Waals surface area contributed by atoms with Gasteiger partial charge in [-0.3, -0.25) is 9.38 Å². The van der Waals surface area contributed by atoms with E-state index in [1.807, 2.05) is 53.2 Å². The molecule has 0 fully saturated rings. The Kier molecular flexibility index (Phi) is 5.13. The molecule has 6 nitrogen and oxygen atoms in total. The van der Waals surface area contributed by atoms with E-state index in [1.165, 1.54) is 0 Å². The van der Waals surface area contributed by atoms with Gasteiger partial charge in [0.1, 0.15) is 4.60 Å². The van der Waals surface area contributed by atoms with Gasteiger partial charge in [-0.05, 0) is 39.5 Å². The highest BCUT2D eigenvalue weighted by Gasteiger charge is 2.13. The number of aromatic nitrogens is 4. The smallest absolute Gasteiger partial charge is 0.181 e. The van der Waals surface area contributed by atoms with Crippen LogP contribution in [0, 0.1) is 0 Å². The predicted molar refractivity (Wildman–Crippen MR) is 108 cm³/mol. The molecule has 0 saturated carbocycles. The van der Waals surface area contributed by atoms with Crippen LogP contribution in [0.25, 0.3) is 16.9 Å². The molecule has 0 atom stereocenters. The van der Waals surface area contributed by atoms with Crippen molar-refractivity contribution >= 4 is 27.4 Å². The number of rotatable bonds is 6. The zero-order valence-corrected chi connectivity index (χ0v) is 16.1. The van der Waals surface area contributed by atoms with Crippen LogP contribution in [-0.4, -0.2) is 31.1 Å². The third-order valence-electron chi connectivity index (χ3n) is 4.30. The molecule has 0 amide bonds. The highest BCUT2D eigenvalue weighted by molar-refractivity contribution is 9.10. The minimum atomic E-state index is 0.0974. The Hall–Kier alpha value is -2.77. The highest BCUT2D eigenvalue weighted by atomic mass is 79.9. The summed E-state index contributed by atoms with van der Waals surface area (Å²) in [6.45, 7) is 0.697. The van der Waals surface area contributed by atoms with Crippen LogP contribution in [-0.2, 0) is 13.0 Å². The molecule has 0 aliphatic rings. The lowest BCUT2D eigenvalue weighted by atomic mass is 10.0. The quantitative estimate of drug-likeness (QED) is 0.494. The number of anilines is 1. The van der Waals surface area contributed by atoms with Crippen LogP contribution in [0.5, 0.6) is 0 Å². The molecule has 7 heteroatoms. The highest BCUT2D eigenvalue weighted by Crippen LogP contribution is 2.27. The van der Waals surface area contributed by atoms with E-state index in [1.54, 1.807) is 12.4 Å². The van der Waals surface area contributed by atoms with E-state index in [9.17, 15) is 5.11 Å². The maximum atomic E-state index is 9.38. The molecule has 0 bridgehead atoms. The van der Waals surface area contributed by atoms with Crippen molar-refractivity contribution in [3.8, 4) is 11.3 Å². The molecule has 0 unspecified atom stereocenters. The Bertz CT molecular complexity index is 1060. The molecule has 0 aliphatic heterocycles. The number of aliphatic hydroxyl groups excluding tert-OH is 1. The van der Waals surface area contributed by atoms with Gasteiger partial charge in [0.05, 0.1) is 11.9 Å². The molecule has 0 radical (unpaired) electrons. The average Bonchev–Trinajstić information content (AvgIpc) is 3.09. The molecule has 0 aliphatic carbocycles. The van der Waals surface area contributed by atoms with Crippen LogP contribution in [0.2, 0.25) is 0 Å². The van der Waals surface area contributed by atoms with Gasteiger partial charge in [-0.15, -0.1) is 0 Å². The fourth-order valence-corrected chi connectivity index (χ4v) is 3.38. The summed E-state index contributed by atoms with van der Waals surface area (Å²) in [6, 6.07) is 11.9. The molecule has 4 aromatic rings. The number of hydrogen-bond donors (Lipinski definition) is 2. The van der Waals surface area contributed by atoms with Crippen molar-refractivity contribution < 1.29 is 5.11 Å². The SMILES string of the molecule is OCCc1ccccc1-c1cn2c(Br)cnc2c(NCc2cccnc2)n1. The third kappa shape index (κ3) is 3.70. The number of benzene rings is 1. The van der Waals surface area contributed by atoms with Gasteiger partial charge in [-0.2, -0.15) is 0 Å². The van der Waals surface area contributed by atoms with E-state index in [0.717, 1.165) is 32.6 Å². The van der Waals surface area contributed by atoms with E-state index in [-0.39, 0.29) is 6.61 Å². The molecule has 0 spiro atoms. The maximum absolute atomic E-state index is 9.38. The molecule has 1 aromatic carbocycles. The van der Waals surface area contributed by atoms with Crippen molar-refractivity contribution in [2.45, 2.75) is 13.0 Å². The van der Waals surface area contributed by atoms with Crippen molar-refractivity contribution in [3.63, 3.8) is 0 Å². The number of halogens is 1. The fourth-order valence-electron chi connectivity index (χ4n) is 3.01.